The number of nitrogens with zero attached hydrogens (tertiary/aromatic N) is 1. The minimum Gasteiger partial charge on any atom is -0.478 e. The van der Waals surface area contributed by atoms with Gasteiger partial charge in [-0.05, 0) is 19.3 Å². The Balaban J connectivity index is 0. The zero-order valence-corrected chi connectivity index (χ0v) is 37.0. The number of carboxylic acids is 1. The molecule has 0 unspecified atom stereocenters. The molecule has 0 spiro atoms. The molecule has 1 N–H and O–H groups in total. The van der Waals surface area contributed by atoms with Crippen molar-refractivity contribution in [3.05, 3.63) is 24.8 Å². The highest BCUT2D eigenvalue weighted by atomic mass is 16.5. The van der Waals surface area contributed by atoms with E-state index in [1.54, 1.807) is 0 Å². The van der Waals surface area contributed by atoms with E-state index in [9.17, 15) is 14.4 Å². The van der Waals surface area contributed by atoms with E-state index < -0.39 is 5.97 Å². The molecule has 0 heterocycles. The lowest BCUT2D eigenvalue weighted by molar-refractivity contribution is -0.138. The summed E-state index contributed by atoms with van der Waals surface area (Å²) >= 11 is 0. The third-order valence-electron chi connectivity index (χ3n) is 10.7. The number of carboxylic acid groups (broad SMARTS) is 1. The molecule has 1 amide bonds. The zero-order valence-electron chi connectivity index (χ0n) is 37.0. The van der Waals surface area contributed by atoms with Crippen LogP contribution in [0.5, 0.6) is 0 Å². The number of carbonyl (C=O) groups is 3. The van der Waals surface area contributed by atoms with Gasteiger partial charge in [0.1, 0.15) is 0 Å². The van der Waals surface area contributed by atoms with Crippen molar-refractivity contribution in [3.8, 4) is 0 Å². The monoisotopic (exact) mass is 776 g/mol. The molecule has 0 aromatic rings. The predicted molar refractivity (Wildman–Crippen MR) is 238 cm³/mol. The molecule has 0 fully saturated rings. The molecular formula is C49H93NO5. The number of carbonyl (C=O) groups excluding carboxylic acids is 2. The van der Waals surface area contributed by atoms with Crippen LogP contribution in [-0.2, 0) is 19.1 Å². The molecule has 0 aromatic heterocycles. The summed E-state index contributed by atoms with van der Waals surface area (Å²) in [6.07, 6.45) is 50.7. The number of ether oxygens (including phenoxy) is 1. The average molecular weight is 776 g/mol. The summed E-state index contributed by atoms with van der Waals surface area (Å²) in [7, 11) is 0. The van der Waals surface area contributed by atoms with Crippen molar-refractivity contribution in [2.24, 2.45) is 0 Å². The molecule has 0 bridgehead atoms. The molecule has 324 valence electrons. The number of aliphatic carboxylic acids is 1. The normalized spacial score (nSPS) is 11.0. The van der Waals surface area contributed by atoms with Crippen LogP contribution in [0.1, 0.15) is 252 Å². The van der Waals surface area contributed by atoms with Crippen molar-refractivity contribution in [2.45, 2.75) is 252 Å². The van der Waals surface area contributed by atoms with E-state index in [1.807, 2.05) is 4.90 Å². The molecular weight excluding hydrogens is 683 g/mol. The summed E-state index contributed by atoms with van der Waals surface area (Å²) in [5.41, 5.74) is 0. The van der Waals surface area contributed by atoms with Gasteiger partial charge >= 0.3 is 11.9 Å². The number of rotatable bonds is 42. The minimum absolute atomic E-state index is 0.153. The van der Waals surface area contributed by atoms with Crippen LogP contribution in [0.25, 0.3) is 0 Å². The molecule has 0 saturated carbocycles. The summed E-state index contributed by atoms with van der Waals surface area (Å²) in [6, 6.07) is 0. The van der Waals surface area contributed by atoms with Crippen LogP contribution in [0.2, 0.25) is 0 Å². The van der Waals surface area contributed by atoms with Crippen molar-refractivity contribution in [2.75, 3.05) is 19.7 Å². The van der Waals surface area contributed by atoms with E-state index in [4.69, 9.17) is 9.84 Å². The number of unbranched alkanes of at least 4 members (excludes halogenated alkanes) is 33. The Hall–Kier alpha value is -2.11. The first kappa shape index (κ1) is 55.0. The fourth-order valence-corrected chi connectivity index (χ4v) is 7.04. The number of hydrogen-bond donors (Lipinski definition) is 1. The molecule has 0 rings (SSSR count). The quantitative estimate of drug-likeness (QED) is 0.0379. The molecule has 0 saturated heterocycles. The molecule has 0 radical (unpaired) electrons. The highest BCUT2D eigenvalue weighted by Gasteiger charge is 2.10. The van der Waals surface area contributed by atoms with Gasteiger partial charge in [-0.3, -0.25) is 4.79 Å². The van der Waals surface area contributed by atoms with Gasteiger partial charge in [-0.15, -0.1) is 0 Å². The summed E-state index contributed by atoms with van der Waals surface area (Å²) in [5, 5.41) is 8.82. The second-order valence-electron chi connectivity index (χ2n) is 16.0. The lowest BCUT2D eigenvalue weighted by Gasteiger charge is -2.21. The lowest BCUT2D eigenvalue weighted by atomic mass is 10.0. The SMILES string of the molecule is C=CC(=O)OCCCCCCCCCCCCCCCCCC.CCCCCCCCCCCCN(CCCCCCCCCCCC)C(=O)/C=C\C(=O)O. The topological polar surface area (TPSA) is 83.9 Å². The van der Waals surface area contributed by atoms with E-state index in [-0.39, 0.29) is 11.9 Å². The van der Waals surface area contributed by atoms with E-state index in [1.165, 1.54) is 211 Å². The van der Waals surface area contributed by atoms with Gasteiger partial charge in [-0.1, -0.05) is 239 Å². The van der Waals surface area contributed by atoms with Crippen molar-refractivity contribution in [1.29, 1.82) is 0 Å². The van der Waals surface area contributed by atoms with Gasteiger partial charge in [-0.2, -0.15) is 0 Å². The van der Waals surface area contributed by atoms with Crippen LogP contribution in [0.3, 0.4) is 0 Å². The molecule has 0 atom stereocenters. The number of hydrogen-bond acceptors (Lipinski definition) is 4. The number of amides is 1. The van der Waals surface area contributed by atoms with E-state index in [0.29, 0.717) is 6.61 Å². The molecule has 6 nitrogen and oxygen atoms in total. The van der Waals surface area contributed by atoms with Gasteiger partial charge in [-0.25, -0.2) is 9.59 Å². The largest absolute Gasteiger partial charge is 0.478 e. The molecule has 0 aliphatic carbocycles. The summed E-state index contributed by atoms with van der Waals surface area (Å²) in [6.45, 7) is 12.2. The van der Waals surface area contributed by atoms with Gasteiger partial charge < -0.3 is 14.7 Å². The highest BCUT2D eigenvalue weighted by Crippen LogP contribution is 2.15. The summed E-state index contributed by atoms with van der Waals surface area (Å²) in [4.78, 5) is 35.9. The first-order valence-electron chi connectivity index (χ1n) is 23.9. The van der Waals surface area contributed by atoms with Crippen LogP contribution >= 0.6 is 0 Å². The maximum atomic E-state index is 12.4. The molecule has 0 aliphatic rings. The Morgan fingerprint density at radius 1 is 0.436 bits per heavy atom. The third kappa shape index (κ3) is 48.0. The average Bonchev–Trinajstić information content (AvgIpc) is 3.18. The second kappa shape index (κ2) is 48.0. The van der Waals surface area contributed by atoms with Crippen molar-refractivity contribution in [3.63, 3.8) is 0 Å². The van der Waals surface area contributed by atoms with Crippen LogP contribution in [0.4, 0.5) is 0 Å². The Labute approximate surface area is 342 Å². The van der Waals surface area contributed by atoms with Gasteiger partial charge in [0, 0.05) is 31.3 Å². The Morgan fingerprint density at radius 2 is 0.709 bits per heavy atom. The van der Waals surface area contributed by atoms with Crippen LogP contribution in [-0.4, -0.2) is 47.5 Å². The molecule has 0 aliphatic heterocycles. The first-order chi connectivity index (χ1) is 26.9. The Bertz CT molecular complexity index is 832. The Morgan fingerprint density at radius 3 is 0.982 bits per heavy atom. The smallest absolute Gasteiger partial charge is 0.330 e. The van der Waals surface area contributed by atoms with Crippen LogP contribution in [0.15, 0.2) is 24.8 Å². The van der Waals surface area contributed by atoms with E-state index >= 15 is 0 Å². The maximum absolute atomic E-state index is 12.4. The van der Waals surface area contributed by atoms with Gasteiger partial charge in [0.05, 0.1) is 6.61 Å². The van der Waals surface area contributed by atoms with E-state index in [0.717, 1.165) is 51.3 Å². The van der Waals surface area contributed by atoms with Crippen molar-refractivity contribution < 1.29 is 24.2 Å². The predicted octanol–water partition coefficient (Wildman–Crippen LogP) is 15.3. The standard InChI is InChI=1S/C28H53NO3.C21H40O2/c1-3-5-7-9-11-13-15-17-19-21-25-29(27(30)23-24-28(31)32)26-22-20-18-16-14-12-10-8-6-4-2;1-3-5-6-7-8-9-10-11-12-13-14-15-16-17-18-19-20-23-21(22)4-2/h23-24H,3-22,25-26H2,1-2H3,(H,31,32);4H,2-3,5-20H2,1H3/b24-23-;. The van der Waals surface area contributed by atoms with Gasteiger partial charge in [0.25, 0.3) is 0 Å². The second-order valence-corrected chi connectivity index (χ2v) is 16.0. The minimum atomic E-state index is -1.06. The van der Waals surface area contributed by atoms with Crippen LogP contribution in [0, 0.1) is 0 Å². The first-order valence-corrected chi connectivity index (χ1v) is 23.9. The van der Waals surface area contributed by atoms with Gasteiger partial charge in [0.15, 0.2) is 0 Å². The lowest BCUT2D eigenvalue weighted by Crippen LogP contribution is -2.31. The van der Waals surface area contributed by atoms with E-state index in [2.05, 4.69) is 27.4 Å². The summed E-state index contributed by atoms with van der Waals surface area (Å²) in [5.74, 6) is -1.51. The van der Waals surface area contributed by atoms with Gasteiger partial charge in [0.2, 0.25) is 5.91 Å². The van der Waals surface area contributed by atoms with Crippen molar-refractivity contribution in [1.82, 2.24) is 4.90 Å². The summed E-state index contributed by atoms with van der Waals surface area (Å²) < 4.78 is 4.95. The van der Waals surface area contributed by atoms with Crippen LogP contribution < -0.4 is 0 Å². The molecule has 55 heavy (non-hydrogen) atoms. The fraction of sp³-hybridized carbons (Fsp3) is 0.857. The highest BCUT2D eigenvalue weighted by molar-refractivity contribution is 5.93. The number of esters is 1. The van der Waals surface area contributed by atoms with Crippen molar-refractivity contribution >= 4 is 17.8 Å². The third-order valence-corrected chi connectivity index (χ3v) is 10.7. The fourth-order valence-electron chi connectivity index (χ4n) is 7.04. The zero-order chi connectivity index (χ0) is 40.7. The molecule has 6 heteroatoms. The Kier molecular flexibility index (Phi) is 48.0. The maximum Gasteiger partial charge on any atom is 0.330 e. The molecule has 0 aromatic carbocycles.